The third kappa shape index (κ3) is 4.67. The molecule has 0 heterocycles. The molecule has 0 atom stereocenters. The summed E-state index contributed by atoms with van der Waals surface area (Å²) in [6, 6.07) is 4.21. The Hall–Kier alpha value is -1.86. The number of halogens is 1. The molecule has 4 heteroatoms. The zero-order valence-corrected chi connectivity index (χ0v) is 12.1. The van der Waals surface area contributed by atoms with E-state index >= 15 is 0 Å². The molecular formula is C16H20FNO2. The molecule has 1 aromatic rings. The van der Waals surface area contributed by atoms with Crippen molar-refractivity contribution in [2.45, 2.75) is 39.2 Å². The monoisotopic (exact) mass is 277 g/mol. The van der Waals surface area contributed by atoms with E-state index in [-0.39, 0.29) is 29.2 Å². The van der Waals surface area contributed by atoms with E-state index in [1.165, 1.54) is 12.1 Å². The van der Waals surface area contributed by atoms with E-state index in [2.05, 4.69) is 17.2 Å². The van der Waals surface area contributed by atoms with Gasteiger partial charge in [0.05, 0.1) is 12.2 Å². The number of hydrogen-bond acceptors (Lipinski definition) is 2. The molecule has 0 saturated heterocycles. The highest BCUT2D eigenvalue weighted by atomic mass is 19.1. The van der Waals surface area contributed by atoms with Crippen molar-refractivity contribution in [2.75, 3.05) is 6.61 Å². The maximum absolute atomic E-state index is 13.8. The minimum absolute atomic E-state index is 0.0544. The van der Waals surface area contributed by atoms with Crippen molar-refractivity contribution in [2.24, 2.45) is 0 Å². The molecule has 108 valence electrons. The maximum atomic E-state index is 13.8. The van der Waals surface area contributed by atoms with E-state index in [4.69, 9.17) is 5.11 Å². The largest absolute Gasteiger partial charge is 0.395 e. The highest BCUT2D eigenvalue weighted by molar-refractivity contribution is 5.94. The summed E-state index contributed by atoms with van der Waals surface area (Å²) in [5.41, 5.74) is 0.175. The van der Waals surface area contributed by atoms with Crippen molar-refractivity contribution >= 4 is 5.91 Å². The fourth-order valence-electron chi connectivity index (χ4n) is 1.44. The van der Waals surface area contributed by atoms with Crippen molar-refractivity contribution in [3.05, 3.63) is 35.1 Å². The van der Waals surface area contributed by atoms with Crippen LogP contribution in [0.3, 0.4) is 0 Å². The molecule has 0 spiro atoms. The summed E-state index contributed by atoms with van der Waals surface area (Å²) in [6.45, 7) is 5.74. The standard InChI is InChI=1S/C16H20FNO2/c1-4-16(2,3)18-15(20)13-9-8-12(14(17)11-13)7-5-6-10-19/h8-9,11,19H,4,6,10H2,1-3H3,(H,18,20). The first-order chi connectivity index (χ1) is 9.39. The molecule has 0 aromatic heterocycles. The van der Waals surface area contributed by atoms with Gasteiger partial charge in [-0.25, -0.2) is 4.39 Å². The fourth-order valence-corrected chi connectivity index (χ4v) is 1.44. The predicted octanol–water partition coefficient (Wildman–Crippen LogP) is 2.48. The lowest BCUT2D eigenvalue weighted by molar-refractivity contribution is 0.0911. The molecule has 0 radical (unpaired) electrons. The zero-order chi connectivity index (χ0) is 15.2. The molecule has 0 aliphatic carbocycles. The van der Waals surface area contributed by atoms with Gasteiger partial charge in [0.2, 0.25) is 0 Å². The number of rotatable bonds is 4. The normalized spacial score (nSPS) is 10.7. The van der Waals surface area contributed by atoms with Gasteiger partial charge in [0.15, 0.2) is 0 Å². The molecule has 1 amide bonds. The first kappa shape index (κ1) is 16.2. The van der Waals surface area contributed by atoms with Crippen LogP contribution in [0.2, 0.25) is 0 Å². The van der Waals surface area contributed by atoms with Gasteiger partial charge < -0.3 is 10.4 Å². The smallest absolute Gasteiger partial charge is 0.251 e. The van der Waals surface area contributed by atoms with Crippen LogP contribution in [0.1, 0.15) is 49.5 Å². The molecule has 0 fully saturated rings. The van der Waals surface area contributed by atoms with Gasteiger partial charge in [-0.1, -0.05) is 18.8 Å². The Morgan fingerprint density at radius 1 is 1.45 bits per heavy atom. The molecule has 0 unspecified atom stereocenters. The Kier molecular flexibility index (Phi) is 5.72. The molecule has 2 N–H and O–H groups in total. The average molecular weight is 277 g/mol. The highest BCUT2D eigenvalue weighted by Gasteiger charge is 2.19. The maximum Gasteiger partial charge on any atom is 0.251 e. The number of aliphatic hydroxyl groups is 1. The van der Waals surface area contributed by atoms with Gasteiger partial charge in [-0.05, 0) is 38.5 Å². The molecule has 20 heavy (non-hydrogen) atoms. The number of aliphatic hydroxyl groups excluding tert-OH is 1. The van der Waals surface area contributed by atoms with Crippen LogP contribution in [0.25, 0.3) is 0 Å². The van der Waals surface area contributed by atoms with Gasteiger partial charge in [0, 0.05) is 17.5 Å². The van der Waals surface area contributed by atoms with Crippen molar-refractivity contribution < 1.29 is 14.3 Å². The zero-order valence-electron chi connectivity index (χ0n) is 12.1. The third-order valence-electron chi connectivity index (χ3n) is 3.03. The number of carbonyl (C=O) groups is 1. The second-order valence-corrected chi connectivity index (χ2v) is 5.16. The Bertz CT molecular complexity index is 541. The summed E-state index contributed by atoms with van der Waals surface area (Å²) in [5.74, 6) is 4.44. The van der Waals surface area contributed by atoms with Crippen LogP contribution in [-0.4, -0.2) is 23.2 Å². The Labute approximate surface area is 119 Å². The first-order valence-electron chi connectivity index (χ1n) is 6.61. The quantitative estimate of drug-likeness (QED) is 0.831. The first-order valence-corrected chi connectivity index (χ1v) is 6.61. The Morgan fingerprint density at radius 3 is 2.70 bits per heavy atom. The van der Waals surface area contributed by atoms with Crippen LogP contribution in [0.15, 0.2) is 18.2 Å². The number of hydrogen-bond donors (Lipinski definition) is 2. The second-order valence-electron chi connectivity index (χ2n) is 5.16. The second kappa shape index (κ2) is 7.06. The lowest BCUT2D eigenvalue weighted by Crippen LogP contribution is -2.42. The van der Waals surface area contributed by atoms with Crippen LogP contribution in [0, 0.1) is 17.7 Å². The van der Waals surface area contributed by atoms with E-state index < -0.39 is 5.82 Å². The van der Waals surface area contributed by atoms with Crippen LogP contribution >= 0.6 is 0 Å². The molecule has 0 aliphatic rings. The molecule has 0 saturated carbocycles. The minimum Gasteiger partial charge on any atom is -0.395 e. The van der Waals surface area contributed by atoms with Gasteiger partial charge in [-0.2, -0.15) is 0 Å². The highest BCUT2D eigenvalue weighted by Crippen LogP contribution is 2.12. The van der Waals surface area contributed by atoms with Gasteiger partial charge in [0.25, 0.3) is 5.91 Å². The van der Waals surface area contributed by atoms with Crippen molar-refractivity contribution in [1.29, 1.82) is 0 Å². The summed E-state index contributed by atoms with van der Waals surface area (Å²) in [7, 11) is 0. The van der Waals surface area contributed by atoms with E-state index in [9.17, 15) is 9.18 Å². The summed E-state index contributed by atoms with van der Waals surface area (Å²) in [4.78, 5) is 12.0. The van der Waals surface area contributed by atoms with Crippen LogP contribution in [0.4, 0.5) is 4.39 Å². The molecule has 0 aliphatic heterocycles. The van der Waals surface area contributed by atoms with Gasteiger partial charge in [-0.3, -0.25) is 4.79 Å². The topological polar surface area (TPSA) is 49.3 Å². The SMILES string of the molecule is CCC(C)(C)NC(=O)c1ccc(C#CCCO)c(F)c1. The van der Waals surface area contributed by atoms with Gasteiger partial charge >= 0.3 is 0 Å². The van der Waals surface area contributed by atoms with Gasteiger partial charge in [0.1, 0.15) is 5.82 Å². The average Bonchev–Trinajstić information content (AvgIpc) is 2.40. The summed E-state index contributed by atoms with van der Waals surface area (Å²) < 4.78 is 13.8. The number of nitrogens with one attached hydrogen (secondary N) is 1. The van der Waals surface area contributed by atoms with Crippen LogP contribution < -0.4 is 5.32 Å². The number of carbonyl (C=O) groups excluding carboxylic acids is 1. The van der Waals surface area contributed by atoms with Crippen LogP contribution in [-0.2, 0) is 0 Å². The third-order valence-corrected chi connectivity index (χ3v) is 3.03. The molecular weight excluding hydrogens is 257 g/mol. The van der Waals surface area contributed by atoms with Crippen LogP contribution in [0.5, 0.6) is 0 Å². The minimum atomic E-state index is -0.530. The lowest BCUT2D eigenvalue weighted by atomic mass is 10.0. The summed E-state index contributed by atoms with van der Waals surface area (Å²) in [6.07, 6.45) is 1.08. The number of benzene rings is 1. The van der Waals surface area contributed by atoms with E-state index in [0.29, 0.717) is 6.42 Å². The molecule has 3 nitrogen and oxygen atoms in total. The molecule has 0 bridgehead atoms. The molecule has 1 rings (SSSR count). The Morgan fingerprint density at radius 2 is 2.15 bits per heavy atom. The van der Waals surface area contributed by atoms with E-state index in [0.717, 1.165) is 6.42 Å². The van der Waals surface area contributed by atoms with E-state index in [1.54, 1.807) is 6.07 Å². The predicted molar refractivity (Wildman–Crippen MR) is 76.8 cm³/mol. The van der Waals surface area contributed by atoms with Crippen molar-refractivity contribution in [3.63, 3.8) is 0 Å². The van der Waals surface area contributed by atoms with Gasteiger partial charge in [-0.15, -0.1) is 0 Å². The lowest BCUT2D eigenvalue weighted by Gasteiger charge is -2.24. The number of amides is 1. The summed E-state index contributed by atoms with van der Waals surface area (Å²) >= 11 is 0. The van der Waals surface area contributed by atoms with Crippen molar-refractivity contribution in [3.8, 4) is 11.8 Å². The Balaban J connectivity index is 2.88. The van der Waals surface area contributed by atoms with E-state index in [1.807, 2.05) is 20.8 Å². The van der Waals surface area contributed by atoms with Crippen molar-refractivity contribution in [1.82, 2.24) is 5.32 Å². The molecule has 1 aromatic carbocycles. The summed E-state index contributed by atoms with van der Waals surface area (Å²) in [5, 5.41) is 11.5. The fraction of sp³-hybridized carbons (Fsp3) is 0.438.